The molecule has 2 heterocycles. The van der Waals surface area contributed by atoms with Crippen LogP contribution in [-0.2, 0) is 4.74 Å². The highest BCUT2D eigenvalue weighted by molar-refractivity contribution is 7.11. The molecular formula is C27H23N5O2S. The molecule has 0 radical (unpaired) electrons. The van der Waals surface area contributed by atoms with E-state index in [9.17, 15) is 4.79 Å². The van der Waals surface area contributed by atoms with E-state index in [0.717, 1.165) is 33.5 Å². The van der Waals surface area contributed by atoms with Crippen molar-refractivity contribution in [1.82, 2.24) is 14.5 Å². The normalized spacial score (nSPS) is 11.6. The molecule has 2 aromatic heterocycles. The van der Waals surface area contributed by atoms with Crippen LogP contribution in [0.2, 0.25) is 0 Å². The summed E-state index contributed by atoms with van der Waals surface area (Å²) in [5, 5.41) is 4.69. The Labute approximate surface area is 206 Å². The Kier molecular flexibility index (Phi) is 6.12. The van der Waals surface area contributed by atoms with Gasteiger partial charge in [0.15, 0.2) is 5.82 Å². The number of methoxy groups -OCH3 is 1. The molecule has 3 aromatic carbocycles. The standard InChI is InChI=1S/C27H23N5O2S/c1-17-10-9-13-20(16-17)32-18(2)24(26(33)34-3)35-27(32)31-30-25-23(19-11-5-4-6-12-19)28-21-14-7-8-15-22(21)29-25/h4-16H,1-3H3,(H,29,30)/b31-27+. The van der Waals surface area contributed by atoms with Gasteiger partial charge < -0.3 is 4.74 Å². The lowest BCUT2D eigenvalue weighted by Crippen LogP contribution is -2.17. The minimum Gasteiger partial charge on any atom is -0.465 e. The van der Waals surface area contributed by atoms with Crippen molar-refractivity contribution in [2.24, 2.45) is 5.10 Å². The van der Waals surface area contributed by atoms with Crippen LogP contribution in [0, 0.1) is 13.8 Å². The number of para-hydroxylation sites is 2. The molecule has 0 fully saturated rings. The summed E-state index contributed by atoms with van der Waals surface area (Å²) in [7, 11) is 1.38. The first-order valence-electron chi connectivity index (χ1n) is 11.0. The van der Waals surface area contributed by atoms with Gasteiger partial charge in [0.1, 0.15) is 10.6 Å². The zero-order valence-electron chi connectivity index (χ0n) is 19.5. The molecule has 5 rings (SSSR count). The molecule has 0 unspecified atom stereocenters. The zero-order valence-corrected chi connectivity index (χ0v) is 20.3. The van der Waals surface area contributed by atoms with Crippen LogP contribution in [0.1, 0.15) is 20.9 Å². The SMILES string of the molecule is COC(=O)c1s/c(=N/Nc2nc3ccccc3nc2-c2ccccc2)n(-c2cccc(C)c2)c1C. The summed E-state index contributed by atoms with van der Waals surface area (Å²) in [5.41, 5.74) is 9.06. The summed E-state index contributed by atoms with van der Waals surface area (Å²) in [6, 6.07) is 25.6. The molecule has 0 atom stereocenters. The Hall–Kier alpha value is -4.30. The predicted molar refractivity (Wildman–Crippen MR) is 139 cm³/mol. The van der Waals surface area contributed by atoms with Crippen LogP contribution in [-0.4, -0.2) is 27.6 Å². The molecule has 0 aliphatic heterocycles. The summed E-state index contributed by atoms with van der Waals surface area (Å²) in [4.78, 5) is 23.2. The van der Waals surface area contributed by atoms with Crippen LogP contribution < -0.4 is 10.2 Å². The highest BCUT2D eigenvalue weighted by atomic mass is 32.1. The van der Waals surface area contributed by atoms with Crippen LogP contribution in [0.25, 0.3) is 28.0 Å². The molecular weight excluding hydrogens is 458 g/mol. The molecule has 5 aromatic rings. The zero-order chi connectivity index (χ0) is 24.4. The number of rotatable bonds is 5. The van der Waals surface area contributed by atoms with Crippen molar-refractivity contribution < 1.29 is 9.53 Å². The number of carbonyl (C=O) groups excluding carboxylic acids is 1. The Morgan fingerprint density at radius 2 is 1.66 bits per heavy atom. The fourth-order valence-corrected chi connectivity index (χ4v) is 4.87. The maximum Gasteiger partial charge on any atom is 0.349 e. The van der Waals surface area contributed by atoms with Gasteiger partial charge in [-0.05, 0) is 43.7 Å². The first kappa shape index (κ1) is 22.5. The van der Waals surface area contributed by atoms with Crippen LogP contribution in [0.5, 0.6) is 0 Å². The van der Waals surface area contributed by atoms with Crippen LogP contribution in [0.4, 0.5) is 5.82 Å². The summed E-state index contributed by atoms with van der Waals surface area (Å²) in [5.74, 6) is 0.127. The van der Waals surface area contributed by atoms with Crippen LogP contribution in [0.15, 0.2) is 84.0 Å². The van der Waals surface area contributed by atoms with Gasteiger partial charge in [0.05, 0.1) is 18.1 Å². The number of thiazole rings is 1. The van der Waals surface area contributed by atoms with E-state index in [2.05, 4.69) is 5.43 Å². The molecule has 0 saturated heterocycles. The number of fused-ring (bicyclic) bond motifs is 1. The van der Waals surface area contributed by atoms with Gasteiger partial charge in [-0.3, -0.25) is 9.99 Å². The fraction of sp³-hybridized carbons (Fsp3) is 0.111. The quantitative estimate of drug-likeness (QED) is 0.266. The van der Waals surface area contributed by atoms with Gasteiger partial charge in [0, 0.05) is 16.9 Å². The van der Waals surface area contributed by atoms with Crippen molar-refractivity contribution in [3.8, 4) is 16.9 Å². The molecule has 8 heteroatoms. The number of benzene rings is 3. The van der Waals surface area contributed by atoms with Crippen LogP contribution in [0.3, 0.4) is 0 Å². The Morgan fingerprint density at radius 1 is 0.943 bits per heavy atom. The van der Waals surface area contributed by atoms with Crippen molar-refractivity contribution in [3.05, 3.63) is 99.8 Å². The minimum atomic E-state index is -0.397. The lowest BCUT2D eigenvalue weighted by atomic mass is 10.1. The van der Waals surface area contributed by atoms with Crippen molar-refractivity contribution >= 4 is 34.2 Å². The largest absolute Gasteiger partial charge is 0.465 e. The van der Waals surface area contributed by atoms with E-state index in [4.69, 9.17) is 19.8 Å². The van der Waals surface area contributed by atoms with E-state index in [1.807, 2.05) is 97.3 Å². The molecule has 0 amide bonds. The maximum absolute atomic E-state index is 12.4. The Bertz CT molecular complexity index is 1610. The van der Waals surface area contributed by atoms with E-state index in [1.165, 1.54) is 18.4 Å². The van der Waals surface area contributed by atoms with E-state index in [0.29, 0.717) is 21.2 Å². The van der Waals surface area contributed by atoms with Crippen molar-refractivity contribution in [1.29, 1.82) is 0 Å². The fourth-order valence-electron chi connectivity index (χ4n) is 3.86. The summed E-state index contributed by atoms with van der Waals surface area (Å²) in [6.45, 7) is 3.91. The Morgan fingerprint density at radius 3 is 2.37 bits per heavy atom. The average Bonchev–Trinajstić information content (AvgIpc) is 3.22. The smallest absolute Gasteiger partial charge is 0.349 e. The second-order valence-electron chi connectivity index (χ2n) is 7.96. The molecule has 1 N–H and O–H groups in total. The number of anilines is 1. The molecule has 0 aliphatic carbocycles. The average molecular weight is 482 g/mol. The van der Waals surface area contributed by atoms with Gasteiger partial charge in [-0.1, -0.05) is 65.9 Å². The third kappa shape index (κ3) is 4.43. The van der Waals surface area contributed by atoms with Crippen LogP contribution >= 0.6 is 11.3 Å². The van der Waals surface area contributed by atoms with Gasteiger partial charge in [0.2, 0.25) is 4.80 Å². The predicted octanol–water partition coefficient (Wildman–Crippen LogP) is 5.48. The van der Waals surface area contributed by atoms with Crippen molar-refractivity contribution in [2.75, 3.05) is 12.5 Å². The summed E-state index contributed by atoms with van der Waals surface area (Å²) < 4.78 is 6.94. The molecule has 35 heavy (non-hydrogen) atoms. The van der Waals surface area contributed by atoms with Crippen molar-refractivity contribution in [3.63, 3.8) is 0 Å². The third-order valence-corrected chi connectivity index (χ3v) is 6.68. The topological polar surface area (TPSA) is 81.4 Å². The highest BCUT2D eigenvalue weighted by Crippen LogP contribution is 2.27. The van der Waals surface area contributed by atoms with Gasteiger partial charge in [0.25, 0.3) is 0 Å². The molecule has 174 valence electrons. The summed E-state index contributed by atoms with van der Waals surface area (Å²) in [6.07, 6.45) is 0. The number of nitrogens with zero attached hydrogens (tertiary/aromatic N) is 4. The molecule has 0 spiro atoms. The Balaban J connectivity index is 1.68. The van der Waals surface area contributed by atoms with Gasteiger partial charge in [-0.15, -0.1) is 5.10 Å². The van der Waals surface area contributed by atoms with E-state index < -0.39 is 5.97 Å². The lowest BCUT2D eigenvalue weighted by molar-refractivity contribution is 0.0605. The number of hydrogen-bond donors (Lipinski definition) is 1. The number of aromatic nitrogens is 3. The van der Waals surface area contributed by atoms with Gasteiger partial charge in [-0.25, -0.2) is 14.8 Å². The number of hydrogen-bond acceptors (Lipinski definition) is 7. The van der Waals surface area contributed by atoms with E-state index >= 15 is 0 Å². The number of esters is 1. The number of nitrogens with one attached hydrogen (secondary N) is 1. The second-order valence-corrected chi connectivity index (χ2v) is 8.94. The van der Waals surface area contributed by atoms with Gasteiger partial charge >= 0.3 is 5.97 Å². The van der Waals surface area contributed by atoms with Crippen molar-refractivity contribution in [2.45, 2.75) is 13.8 Å². The number of ether oxygens (including phenoxy) is 1. The second kappa shape index (κ2) is 9.52. The maximum atomic E-state index is 12.4. The molecule has 0 bridgehead atoms. The van der Waals surface area contributed by atoms with Gasteiger partial charge in [-0.2, -0.15) is 0 Å². The number of carbonyl (C=O) groups is 1. The third-order valence-electron chi connectivity index (χ3n) is 5.55. The van der Waals surface area contributed by atoms with E-state index in [1.54, 1.807) is 0 Å². The molecule has 0 saturated carbocycles. The minimum absolute atomic E-state index is 0.397. The highest BCUT2D eigenvalue weighted by Gasteiger charge is 2.19. The first-order valence-corrected chi connectivity index (χ1v) is 11.9. The summed E-state index contributed by atoms with van der Waals surface area (Å²) >= 11 is 1.26. The lowest BCUT2D eigenvalue weighted by Gasteiger charge is -2.10. The first-order chi connectivity index (χ1) is 17.0. The number of aryl methyl sites for hydroxylation is 1. The monoisotopic (exact) mass is 481 g/mol. The van der Waals surface area contributed by atoms with E-state index in [-0.39, 0.29) is 0 Å². The molecule has 7 nitrogen and oxygen atoms in total. The molecule has 0 aliphatic rings.